The second-order valence-corrected chi connectivity index (χ2v) is 12.3. The monoisotopic (exact) mass is 645 g/mol. The minimum atomic E-state index is -1.08. The van der Waals surface area contributed by atoms with Gasteiger partial charge in [-0.3, -0.25) is 24.0 Å². The normalized spacial score (nSPS) is 22.4. The molecule has 12 heteroatoms. The second-order valence-electron chi connectivity index (χ2n) is 12.3. The van der Waals surface area contributed by atoms with E-state index in [4.69, 9.17) is 9.94 Å². The predicted molar refractivity (Wildman–Crippen MR) is 174 cm³/mol. The Balaban J connectivity index is 1.48. The number of unbranched alkanes of at least 4 members (excludes halogenated alkanes) is 2. The van der Waals surface area contributed by atoms with E-state index in [0.29, 0.717) is 32.2 Å². The van der Waals surface area contributed by atoms with Gasteiger partial charge in [-0.15, -0.1) is 0 Å². The molecule has 2 aromatic carbocycles. The molecule has 3 aromatic rings. The first-order valence-corrected chi connectivity index (χ1v) is 16.4. The molecular weight excluding hydrogens is 602 g/mol. The fourth-order valence-electron chi connectivity index (χ4n) is 6.56. The summed E-state index contributed by atoms with van der Waals surface area (Å²) in [7, 11) is 1.54. The highest BCUT2D eigenvalue weighted by molar-refractivity contribution is 5.98. The van der Waals surface area contributed by atoms with Crippen molar-refractivity contribution < 1.29 is 33.9 Å². The summed E-state index contributed by atoms with van der Waals surface area (Å²) in [6, 6.07) is 13.2. The Bertz CT molecular complexity index is 1590. The van der Waals surface area contributed by atoms with Crippen LogP contribution in [0, 0.1) is 0 Å². The van der Waals surface area contributed by atoms with Crippen molar-refractivity contribution >= 4 is 40.5 Å². The molecule has 0 unspecified atom stereocenters. The number of aromatic nitrogens is 1. The van der Waals surface area contributed by atoms with E-state index >= 15 is 0 Å². The van der Waals surface area contributed by atoms with E-state index in [9.17, 15) is 24.0 Å². The number of nitrogens with zero attached hydrogens (tertiary/aromatic N) is 2. The zero-order valence-corrected chi connectivity index (χ0v) is 26.7. The zero-order chi connectivity index (χ0) is 33.3. The van der Waals surface area contributed by atoms with E-state index in [0.717, 1.165) is 34.9 Å². The lowest BCUT2D eigenvalue weighted by molar-refractivity contribution is -0.146. The van der Waals surface area contributed by atoms with Crippen LogP contribution in [-0.2, 0) is 36.8 Å². The van der Waals surface area contributed by atoms with E-state index < -0.39 is 47.9 Å². The number of aliphatic carboxylic acids is 1. The number of carbonyl (C=O) groups is 5. The van der Waals surface area contributed by atoms with Crippen LogP contribution in [0.4, 0.5) is 0 Å². The van der Waals surface area contributed by atoms with Gasteiger partial charge in [-0.05, 0) is 49.3 Å². The Morgan fingerprint density at radius 2 is 1.53 bits per heavy atom. The van der Waals surface area contributed by atoms with Crippen LogP contribution in [0.25, 0.3) is 10.9 Å². The predicted octanol–water partition coefficient (Wildman–Crippen LogP) is 2.37. The van der Waals surface area contributed by atoms with Crippen molar-refractivity contribution in [3.05, 3.63) is 71.9 Å². The molecule has 0 spiro atoms. The number of para-hydroxylation sites is 1. The number of carboxylic acid groups (broad SMARTS) is 1. The second kappa shape index (κ2) is 15.6. The summed E-state index contributed by atoms with van der Waals surface area (Å²) in [5, 5.41) is 18.6. The summed E-state index contributed by atoms with van der Waals surface area (Å²) < 4.78 is 1.60. The molecule has 0 saturated carbocycles. The Morgan fingerprint density at radius 3 is 2.30 bits per heavy atom. The molecule has 3 heterocycles. The summed E-state index contributed by atoms with van der Waals surface area (Å²) in [5.41, 5.74) is 2.40. The molecule has 2 saturated heterocycles. The highest BCUT2D eigenvalue weighted by atomic mass is 16.6. The Kier molecular flexibility index (Phi) is 11.1. The van der Waals surface area contributed by atoms with E-state index in [2.05, 4.69) is 16.0 Å². The SMILES string of the molecule is COn1cc(C[C@@H]2NC(=O)[C@@H](CCCCCC(=O)O)NC(=O)[C@@H]3CCCCN3C(=O)[C@H](Cc3ccccc3)NC2=O)c2ccccc21. The maximum absolute atomic E-state index is 14.2. The Morgan fingerprint density at radius 1 is 0.830 bits per heavy atom. The first-order chi connectivity index (χ1) is 22.7. The molecule has 47 heavy (non-hydrogen) atoms. The van der Waals surface area contributed by atoms with Crippen molar-refractivity contribution in [3.63, 3.8) is 0 Å². The smallest absolute Gasteiger partial charge is 0.303 e. The van der Waals surface area contributed by atoms with Gasteiger partial charge in [-0.25, -0.2) is 0 Å². The molecule has 250 valence electrons. The van der Waals surface area contributed by atoms with Crippen LogP contribution in [0.3, 0.4) is 0 Å². The number of carboxylic acids is 1. The van der Waals surface area contributed by atoms with Crippen LogP contribution in [0.5, 0.6) is 0 Å². The molecule has 2 aliphatic heterocycles. The van der Waals surface area contributed by atoms with Gasteiger partial charge in [0.25, 0.3) is 0 Å². The summed E-state index contributed by atoms with van der Waals surface area (Å²) in [4.78, 5) is 74.1. The van der Waals surface area contributed by atoms with Gasteiger partial charge in [0, 0.05) is 37.4 Å². The topological polar surface area (TPSA) is 159 Å². The van der Waals surface area contributed by atoms with Gasteiger partial charge in [0.05, 0.1) is 5.52 Å². The van der Waals surface area contributed by atoms with E-state index in [1.54, 1.807) is 15.8 Å². The number of amides is 4. The highest BCUT2D eigenvalue weighted by Crippen LogP contribution is 2.24. The molecule has 0 aliphatic carbocycles. The fraction of sp³-hybridized carbons (Fsp3) is 0.457. The molecule has 2 aliphatic rings. The minimum Gasteiger partial charge on any atom is -0.481 e. The van der Waals surface area contributed by atoms with E-state index in [1.165, 1.54) is 7.11 Å². The largest absolute Gasteiger partial charge is 0.481 e. The molecule has 12 nitrogen and oxygen atoms in total. The maximum atomic E-state index is 14.2. The fourth-order valence-corrected chi connectivity index (χ4v) is 6.56. The Hall–Kier alpha value is -4.87. The van der Waals surface area contributed by atoms with Crippen LogP contribution < -0.4 is 20.8 Å². The average Bonchev–Trinajstić information content (AvgIpc) is 3.43. The van der Waals surface area contributed by atoms with Crippen LogP contribution in [0.2, 0.25) is 0 Å². The molecule has 4 N–H and O–H groups in total. The van der Waals surface area contributed by atoms with E-state index in [1.807, 2.05) is 54.6 Å². The minimum absolute atomic E-state index is 0.0177. The molecule has 0 radical (unpaired) electrons. The number of carbonyl (C=O) groups excluding carboxylic acids is 4. The van der Waals surface area contributed by atoms with Gasteiger partial charge in [-0.1, -0.05) is 61.4 Å². The molecule has 4 atom stereocenters. The lowest BCUT2D eigenvalue weighted by atomic mass is 9.96. The lowest BCUT2D eigenvalue weighted by Crippen LogP contribution is -2.63. The van der Waals surface area contributed by atoms with Crippen molar-refractivity contribution in [1.82, 2.24) is 25.6 Å². The molecule has 0 bridgehead atoms. The number of rotatable bonds is 11. The van der Waals surface area contributed by atoms with Gasteiger partial charge < -0.3 is 30.8 Å². The maximum Gasteiger partial charge on any atom is 0.303 e. The number of nitrogens with one attached hydrogen (secondary N) is 3. The van der Waals surface area contributed by atoms with Crippen LogP contribution in [0.1, 0.15) is 62.5 Å². The molecule has 5 rings (SSSR count). The van der Waals surface area contributed by atoms with Crippen molar-refractivity contribution in [2.75, 3.05) is 13.7 Å². The van der Waals surface area contributed by atoms with Crippen LogP contribution >= 0.6 is 0 Å². The van der Waals surface area contributed by atoms with Crippen molar-refractivity contribution in [1.29, 1.82) is 0 Å². The molecule has 1 aromatic heterocycles. The quantitative estimate of drug-likeness (QED) is 0.233. The summed E-state index contributed by atoms with van der Waals surface area (Å²) in [6.07, 6.45) is 5.79. The number of benzene rings is 2. The van der Waals surface area contributed by atoms with Crippen molar-refractivity contribution in [2.45, 2.75) is 88.4 Å². The van der Waals surface area contributed by atoms with Crippen molar-refractivity contribution in [3.8, 4) is 0 Å². The third-order valence-corrected chi connectivity index (χ3v) is 9.02. The first kappa shape index (κ1) is 33.5. The number of hydrogen-bond acceptors (Lipinski definition) is 6. The van der Waals surface area contributed by atoms with Gasteiger partial charge >= 0.3 is 5.97 Å². The third kappa shape index (κ3) is 8.30. The number of hydrogen-bond donors (Lipinski definition) is 4. The summed E-state index contributed by atoms with van der Waals surface area (Å²) in [5.74, 6) is -2.66. The molecular formula is C35H43N5O7. The van der Waals surface area contributed by atoms with Gasteiger partial charge in [0.2, 0.25) is 23.6 Å². The molecule has 2 fully saturated rings. The standard InChI is InChI=1S/C35H43N5O7/c1-47-40-22-24(25-14-8-9-16-29(25)40)21-27-33(44)38-28(20-23-12-4-2-5-13-23)35(46)39-19-11-10-17-30(39)34(45)36-26(32(43)37-27)15-6-3-7-18-31(41)42/h2,4-5,8-9,12-14,16,22,26-28,30H,3,6-7,10-11,15,17-21H2,1H3,(H,36,45)(H,37,43)(H,38,44)(H,41,42)/t26-,27+,28+,30+/m1/s1. The van der Waals surface area contributed by atoms with E-state index in [-0.39, 0.29) is 31.6 Å². The van der Waals surface area contributed by atoms with Crippen LogP contribution in [0.15, 0.2) is 60.8 Å². The average molecular weight is 646 g/mol. The number of fused-ring (bicyclic) bond motifs is 2. The third-order valence-electron chi connectivity index (χ3n) is 9.02. The number of piperidine rings is 1. The van der Waals surface area contributed by atoms with Gasteiger partial charge in [-0.2, -0.15) is 4.73 Å². The van der Waals surface area contributed by atoms with Gasteiger partial charge in [0.15, 0.2) is 0 Å². The first-order valence-electron chi connectivity index (χ1n) is 16.4. The summed E-state index contributed by atoms with van der Waals surface area (Å²) >= 11 is 0. The van der Waals surface area contributed by atoms with Crippen LogP contribution in [-0.4, -0.2) is 82.2 Å². The Labute approximate surface area is 273 Å². The lowest BCUT2D eigenvalue weighted by Gasteiger charge is -2.38. The summed E-state index contributed by atoms with van der Waals surface area (Å²) in [6.45, 7) is 0.365. The van der Waals surface area contributed by atoms with Gasteiger partial charge in [0.1, 0.15) is 31.3 Å². The molecule has 4 amide bonds. The zero-order valence-electron chi connectivity index (χ0n) is 26.7. The van der Waals surface area contributed by atoms with Crippen molar-refractivity contribution in [2.24, 2.45) is 0 Å². The highest BCUT2D eigenvalue weighted by Gasteiger charge is 2.39.